The van der Waals surface area contributed by atoms with Gasteiger partial charge in [0.15, 0.2) is 0 Å². The molecule has 2 heteroatoms. The maximum absolute atomic E-state index is 6.31. The molecule has 0 fully saturated rings. The number of furan rings is 1. The zero-order valence-corrected chi connectivity index (χ0v) is 28.8. The third kappa shape index (κ3) is 4.02. The topological polar surface area (TPSA) is 16.4 Å². The second-order valence-corrected chi connectivity index (χ2v) is 15.0. The molecule has 10 rings (SSSR count). The maximum atomic E-state index is 6.31. The largest absolute Gasteiger partial charge is 0.456 e. The van der Waals surface area contributed by atoms with Gasteiger partial charge in [-0.2, -0.15) is 0 Å². The average molecular weight is 644 g/mol. The molecule has 0 amide bonds. The fraction of sp³-hybridized carbons (Fsp3) is 0.125. The lowest BCUT2D eigenvalue weighted by molar-refractivity contribution is 0.660. The Balaban J connectivity index is 1.19. The average Bonchev–Trinajstić information content (AvgIpc) is 3.71. The normalized spacial score (nSPS) is 14.7. The molecule has 7 aromatic carbocycles. The number of hydrogen-bond acceptors (Lipinski definition) is 2. The van der Waals surface area contributed by atoms with Crippen LogP contribution in [0.2, 0.25) is 0 Å². The lowest BCUT2D eigenvalue weighted by Crippen LogP contribution is -2.21. The van der Waals surface area contributed by atoms with Gasteiger partial charge < -0.3 is 9.32 Å². The van der Waals surface area contributed by atoms with E-state index in [0.29, 0.717) is 0 Å². The third-order valence-corrected chi connectivity index (χ3v) is 11.4. The van der Waals surface area contributed by atoms with E-state index in [4.69, 9.17) is 4.42 Å². The van der Waals surface area contributed by atoms with E-state index in [1.807, 2.05) is 12.1 Å². The first-order valence-electron chi connectivity index (χ1n) is 17.6. The minimum absolute atomic E-state index is 0.0534. The van der Waals surface area contributed by atoms with Gasteiger partial charge in [-0.15, -0.1) is 0 Å². The van der Waals surface area contributed by atoms with Gasteiger partial charge >= 0.3 is 0 Å². The second kappa shape index (κ2) is 10.3. The lowest BCUT2D eigenvalue weighted by Gasteiger charge is -2.33. The van der Waals surface area contributed by atoms with Crippen molar-refractivity contribution in [1.29, 1.82) is 0 Å². The third-order valence-electron chi connectivity index (χ3n) is 11.4. The highest BCUT2D eigenvalue weighted by Crippen LogP contribution is 2.55. The summed E-state index contributed by atoms with van der Waals surface area (Å²) in [6.07, 6.45) is 0. The Labute approximate surface area is 293 Å². The Hall–Kier alpha value is -5.86. The molecular weight excluding hydrogens is 607 g/mol. The molecule has 1 heterocycles. The van der Waals surface area contributed by atoms with Crippen molar-refractivity contribution in [2.24, 2.45) is 0 Å². The summed E-state index contributed by atoms with van der Waals surface area (Å²) in [5.74, 6) is 0. The van der Waals surface area contributed by atoms with Gasteiger partial charge in [0, 0.05) is 33.0 Å². The predicted octanol–water partition coefficient (Wildman–Crippen LogP) is 13.3. The summed E-state index contributed by atoms with van der Waals surface area (Å²) in [6, 6.07) is 55.6. The van der Waals surface area contributed by atoms with Gasteiger partial charge in [0.2, 0.25) is 0 Å². The van der Waals surface area contributed by atoms with Gasteiger partial charge in [0.25, 0.3) is 0 Å². The number of rotatable bonds is 4. The molecule has 0 atom stereocenters. The van der Waals surface area contributed by atoms with Crippen molar-refractivity contribution in [3.8, 4) is 33.4 Å². The van der Waals surface area contributed by atoms with E-state index in [9.17, 15) is 0 Å². The Morgan fingerprint density at radius 2 is 1.04 bits per heavy atom. The van der Waals surface area contributed by atoms with E-state index in [1.165, 1.54) is 50.2 Å². The van der Waals surface area contributed by atoms with Gasteiger partial charge in [0.05, 0.1) is 5.69 Å². The van der Waals surface area contributed by atoms with Crippen LogP contribution in [0, 0.1) is 0 Å². The van der Waals surface area contributed by atoms with E-state index < -0.39 is 0 Å². The van der Waals surface area contributed by atoms with Crippen LogP contribution in [0.1, 0.15) is 49.9 Å². The van der Waals surface area contributed by atoms with Crippen molar-refractivity contribution in [2.75, 3.05) is 4.90 Å². The summed E-state index contributed by atoms with van der Waals surface area (Å²) in [7, 11) is 0. The number of nitrogens with zero attached hydrogens (tertiary/aromatic N) is 1. The molecule has 0 saturated carbocycles. The molecule has 1 aromatic heterocycles. The quantitative estimate of drug-likeness (QED) is 0.190. The second-order valence-electron chi connectivity index (χ2n) is 15.0. The molecule has 0 N–H and O–H groups in total. The zero-order valence-electron chi connectivity index (χ0n) is 28.8. The first-order valence-corrected chi connectivity index (χ1v) is 17.6. The van der Waals surface area contributed by atoms with Gasteiger partial charge in [-0.05, 0) is 104 Å². The summed E-state index contributed by atoms with van der Waals surface area (Å²) >= 11 is 0. The Bertz CT molecular complexity index is 2670. The highest BCUT2D eigenvalue weighted by atomic mass is 16.3. The molecule has 2 nitrogen and oxygen atoms in total. The van der Waals surface area contributed by atoms with Crippen LogP contribution in [0.5, 0.6) is 0 Å². The molecule has 2 aliphatic carbocycles. The monoisotopic (exact) mass is 643 g/mol. The first-order chi connectivity index (χ1) is 24.3. The Morgan fingerprint density at radius 3 is 1.88 bits per heavy atom. The zero-order chi connectivity index (χ0) is 33.8. The smallest absolute Gasteiger partial charge is 0.136 e. The van der Waals surface area contributed by atoms with E-state index in [0.717, 1.165) is 44.4 Å². The molecule has 0 spiro atoms. The van der Waals surface area contributed by atoms with E-state index in [2.05, 4.69) is 172 Å². The van der Waals surface area contributed by atoms with Crippen LogP contribution in [0.25, 0.3) is 55.3 Å². The Kier molecular flexibility index (Phi) is 6.01. The van der Waals surface area contributed by atoms with E-state index in [1.54, 1.807) is 0 Å². The van der Waals surface area contributed by atoms with Crippen LogP contribution in [0.4, 0.5) is 17.1 Å². The maximum Gasteiger partial charge on any atom is 0.136 e. The van der Waals surface area contributed by atoms with Gasteiger partial charge in [0.1, 0.15) is 11.2 Å². The van der Waals surface area contributed by atoms with Crippen LogP contribution >= 0.6 is 0 Å². The van der Waals surface area contributed by atoms with Crippen LogP contribution in [-0.4, -0.2) is 0 Å². The summed E-state index contributed by atoms with van der Waals surface area (Å²) in [6.45, 7) is 9.45. The van der Waals surface area contributed by atoms with Crippen molar-refractivity contribution in [3.05, 3.63) is 174 Å². The molecular formula is C48H37NO. The number of benzene rings is 7. The summed E-state index contributed by atoms with van der Waals surface area (Å²) < 4.78 is 6.31. The molecule has 0 aliphatic heterocycles. The van der Waals surface area contributed by atoms with Crippen LogP contribution < -0.4 is 4.90 Å². The van der Waals surface area contributed by atoms with Gasteiger partial charge in [-0.1, -0.05) is 131 Å². The summed E-state index contributed by atoms with van der Waals surface area (Å²) in [4.78, 5) is 2.49. The van der Waals surface area contributed by atoms with Crippen molar-refractivity contribution < 1.29 is 4.42 Å². The number of fused-ring (bicyclic) bond motifs is 9. The SMILES string of the molecule is CC1(C)c2ccccc2-c2cc(N(c3cccc(-c4ccc5c(c4)oc4ccccc45)c3)c3cccc4c3C(C)(C)c3ccccc3-4)ccc21. The standard InChI is InChI=1S/C48H37NO/c1-47(2)40-19-8-6-16-35(40)39-29-33(24-26-42(39)47)49(43-21-12-18-38-34-15-5-9-20-41(34)48(3,4)46(38)43)32-14-11-13-30(27-32)31-23-25-37-36-17-7-10-22-44(36)50-45(37)28-31/h5-29H,1-4H3. The van der Waals surface area contributed by atoms with Crippen molar-refractivity contribution in [1.82, 2.24) is 0 Å². The van der Waals surface area contributed by atoms with Crippen molar-refractivity contribution in [2.45, 2.75) is 38.5 Å². The van der Waals surface area contributed by atoms with E-state index >= 15 is 0 Å². The molecule has 0 bridgehead atoms. The minimum Gasteiger partial charge on any atom is -0.456 e. The summed E-state index contributed by atoms with van der Waals surface area (Å²) in [5, 5.41) is 2.29. The molecule has 240 valence electrons. The molecule has 0 radical (unpaired) electrons. The molecule has 0 saturated heterocycles. The minimum atomic E-state index is -0.171. The van der Waals surface area contributed by atoms with Crippen molar-refractivity contribution >= 4 is 39.0 Å². The number of para-hydroxylation sites is 1. The van der Waals surface area contributed by atoms with Crippen LogP contribution in [0.3, 0.4) is 0 Å². The fourth-order valence-electron chi connectivity index (χ4n) is 9.01. The number of hydrogen-bond donors (Lipinski definition) is 0. The summed E-state index contributed by atoms with van der Waals surface area (Å²) in [5.41, 5.74) is 18.1. The van der Waals surface area contributed by atoms with Gasteiger partial charge in [-0.3, -0.25) is 0 Å². The first kappa shape index (κ1) is 29.1. The molecule has 2 aliphatic rings. The van der Waals surface area contributed by atoms with E-state index in [-0.39, 0.29) is 10.8 Å². The molecule has 0 unspecified atom stereocenters. The Morgan fingerprint density at radius 1 is 0.420 bits per heavy atom. The fourth-order valence-corrected chi connectivity index (χ4v) is 9.01. The highest BCUT2D eigenvalue weighted by molar-refractivity contribution is 6.06. The van der Waals surface area contributed by atoms with Crippen molar-refractivity contribution in [3.63, 3.8) is 0 Å². The molecule has 8 aromatic rings. The molecule has 50 heavy (non-hydrogen) atoms. The van der Waals surface area contributed by atoms with Crippen LogP contribution in [0.15, 0.2) is 156 Å². The van der Waals surface area contributed by atoms with Gasteiger partial charge in [-0.25, -0.2) is 0 Å². The highest BCUT2D eigenvalue weighted by Gasteiger charge is 2.40. The lowest BCUT2D eigenvalue weighted by atomic mass is 9.81. The predicted molar refractivity (Wildman–Crippen MR) is 209 cm³/mol. The van der Waals surface area contributed by atoms with Crippen LogP contribution in [-0.2, 0) is 10.8 Å². The number of anilines is 3.